The summed E-state index contributed by atoms with van der Waals surface area (Å²) < 4.78 is 27.7. The summed E-state index contributed by atoms with van der Waals surface area (Å²) in [6, 6.07) is 8.63. The van der Waals surface area contributed by atoms with Gasteiger partial charge in [0.15, 0.2) is 0 Å². The molecule has 0 amide bonds. The quantitative estimate of drug-likeness (QED) is 0.888. The van der Waals surface area contributed by atoms with E-state index in [1.807, 2.05) is 27.0 Å². The average Bonchev–Trinajstić information content (AvgIpc) is 2.40. The van der Waals surface area contributed by atoms with Gasteiger partial charge in [-0.05, 0) is 50.2 Å². The van der Waals surface area contributed by atoms with Gasteiger partial charge >= 0.3 is 0 Å². The Morgan fingerprint density at radius 1 is 1.19 bits per heavy atom. The van der Waals surface area contributed by atoms with Crippen molar-refractivity contribution < 1.29 is 8.42 Å². The molecule has 0 radical (unpaired) electrons. The Morgan fingerprint density at radius 2 is 1.95 bits per heavy atom. The molecule has 0 fully saturated rings. The van der Waals surface area contributed by atoms with E-state index < -0.39 is 10.0 Å². The molecule has 6 heteroatoms. The summed E-state index contributed by atoms with van der Waals surface area (Å²) in [6.07, 6.45) is 1.58. The zero-order chi connectivity index (χ0) is 15.5. The largest absolute Gasteiger partial charge is 0.316 e. The van der Waals surface area contributed by atoms with Crippen molar-refractivity contribution in [3.05, 3.63) is 53.3 Å². The van der Waals surface area contributed by atoms with Crippen LogP contribution in [-0.2, 0) is 16.6 Å². The maximum Gasteiger partial charge on any atom is 0.262 e. The molecule has 2 N–H and O–H groups in total. The fourth-order valence-corrected chi connectivity index (χ4v) is 3.49. The van der Waals surface area contributed by atoms with Gasteiger partial charge in [0.05, 0.1) is 10.6 Å². The molecule has 0 saturated heterocycles. The predicted octanol–water partition coefficient (Wildman–Crippen LogP) is 2.22. The first-order valence-electron chi connectivity index (χ1n) is 6.62. The molecule has 0 aliphatic carbocycles. The number of aryl methyl sites for hydroxylation is 1. The summed E-state index contributed by atoms with van der Waals surface area (Å²) in [7, 11) is -1.78. The summed E-state index contributed by atoms with van der Waals surface area (Å²) in [6.45, 7) is 4.26. The van der Waals surface area contributed by atoms with Crippen LogP contribution in [0.5, 0.6) is 0 Å². The van der Waals surface area contributed by atoms with Gasteiger partial charge in [-0.25, -0.2) is 8.42 Å². The second-order valence-corrected chi connectivity index (χ2v) is 6.51. The van der Waals surface area contributed by atoms with Crippen LogP contribution < -0.4 is 10.0 Å². The number of rotatable bonds is 5. The van der Waals surface area contributed by atoms with Crippen LogP contribution in [0.25, 0.3) is 0 Å². The van der Waals surface area contributed by atoms with Crippen LogP contribution in [0.2, 0.25) is 0 Å². The molecule has 0 aliphatic rings. The van der Waals surface area contributed by atoms with Gasteiger partial charge in [0.1, 0.15) is 0 Å². The normalized spacial score (nSPS) is 11.4. The molecule has 1 heterocycles. The number of aromatic nitrogens is 1. The molecule has 0 spiro atoms. The van der Waals surface area contributed by atoms with E-state index >= 15 is 0 Å². The van der Waals surface area contributed by atoms with Gasteiger partial charge in [0.25, 0.3) is 10.0 Å². The van der Waals surface area contributed by atoms with E-state index in [9.17, 15) is 8.42 Å². The van der Waals surface area contributed by atoms with Crippen LogP contribution in [0.4, 0.5) is 5.69 Å². The van der Waals surface area contributed by atoms with Gasteiger partial charge in [0.2, 0.25) is 0 Å². The van der Waals surface area contributed by atoms with Gasteiger partial charge < -0.3 is 5.32 Å². The summed E-state index contributed by atoms with van der Waals surface area (Å²) in [5.74, 6) is 0. The van der Waals surface area contributed by atoms with Crippen LogP contribution in [0.15, 0.2) is 41.4 Å². The maximum absolute atomic E-state index is 12.5. The molecule has 2 aromatic rings. The summed E-state index contributed by atoms with van der Waals surface area (Å²) >= 11 is 0. The van der Waals surface area contributed by atoms with E-state index in [2.05, 4.69) is 15.0 Å². The first kappa shape index (κ1) is 15.5. The highest BCUT2D eigenvalue weighted by atomic mass is 32.2. The summed E-state index contributed by atoms with van der Waals surface area (Å²) in [5.41, 5.74) is 2.99. The van der Waals surface area contributed by atoms with Crippen molar-refractivity contribution in [1.82, 2.24) is 10.3 Å². The molecule has 0 bridgehead atoms. The number of anilines is 1. The highest BCUT2D eigenvalue weighted by molar-refractivity contribution is 7.92. The minimum absolute atomic E-state index is 0.296. The molecule has 0 atom stereocenters. The Hall–Kier alpha value is -1.92. The van der Waals surface area contributed by atoms with Crippen molar-refractivity contribution in [3.63, 3.8) is 0 Å². The first-order chi connectivity index (χ1) is 9.94. The Bertz CT molecular complexity index is 742. The molecule has 112 valence electrons. The molecule has 21 heavy (non-hydrogen) atoms. The van der Waals surface area contributed by atoms with E-state index in [0.717, 1.165) is 16.8 Å². The second kappa shape index (κ2) is 6.24. The predicted molar refractivity (Wildman–Crippen MR) is 83.7 cm³/mol. The van der Waals surface area contributed by atoms with E-state index in [1.54, 1.807) is 30.5 Å². The lowest BCUT2D eigenvalue weighted by Gasteiger charge is -2.13. The van der Waals surface area contributed by atoms with Crippen LogP contribution in [0.3, 0.4) is 0 Å². The Kier molecular flexibility index (Phi) is 4.59. The molecular weight excluding hydrogens is 286 g/mol. The smallest absolute Gasteiger partial charge is 0.262 e. The fraction of sp³-hybridized carbons (Fsp3) is 0.267. The monoisotopic (exact) mass is 305 g/mol. The maximum atomic E-state index is 12.5. The average molecular weight is 305 g/mol. The highest BCUT2D eigenvalue weighted by Gasteiger charge is 2.18. The van der Waals surface area contributed by atoms with Gasteiger partial charge in [-0.3, -0.25) is 9.71 Å². The lowest BCUT2D eigenvalue weighted by atomic mass is 10.1. The molecule has 1 aromatic heterocycles. The zero-order valence-corrected chi connectivity index (χ0v) is 13.2. The number of sulfonamides is 1. The third kappa shape index (κ3) is 3.59. The van der Waals surface area contributed by atoms with Gasteiger partial charge in [-0.1, -0.05) is 12.1 Å². The van der Waals surface area contributed by atoms with Crippen molar-refractivity contribution in [2.75, 3.05) is 11.8 Å². The van der Waals surface area contributed by atoms with Crippen molar-refractivity contribution in [1.29, 1.82) is 0 Å². The van der Waals surface area contributed by atoms with E-state index in [1.165, 1.54) is 0 Å². The second-order valence-electron chi connectivity index (χ2n) is 4.86. The zero-order valence-electron chi connectivity index (χ0n) is 12.3. The number of hydrogen-bond donors (Lipinski definition) is 2. The molecule has 2 rings (SSSR count). The Morgan fingerprint density at radius 3 is 2.62 bits per heavy atom. The van der Waals surface area contributed by atoms with Crippen molar-refractivity contribution in [2.45, 2.75) is 25.3 Å². The third-order valence-electron chi connectivity index (χ3n) is 3.20. The van der Waals surface area contributed by atoms with Crippen LogP contribution >= 0.6 is 0 Å². The molecule has 0 saturated carbocycles. The van der Waals surface area contributed by atoms with Crippen LogP contribution in [-0.4, -0.2) is 20.4 Å². The lowest BCUT2D eigenvalue weighted by molar-refractivity contribution is 0.600. The molecule has 0 unspecified atom stereocenters. The molecule has 5 nitrogen and oxygen atoms in total. The van der Waals surface area contributed by atoms with Crippen molar-refractivity contribution in [2.24, 2.45) is 0 Å². The number of nitrogens with zero attached hydrogens (tertiary/aromatic N) is 1. The third-order valence-corrected chi connectivity index (χ3v) is 4.73. The van der Waals surface area contributed by atoms with E-state index in [0.29, 0.717) is 17.1 Å². The standard InChI is InChI=1S/C15H19N3O2S/c1-11-9-14(7-8-17-11)18-21(19,20)15-6-4-5-13(10-16-3)12(15)2/h4-9,16H,10H2,1-3H3,(H,17,18). The van der Waals surface area contributed by atoms with Crippen LogP contribution in [0.1, 0.15) is 16.8 Å². The van der Waals surface area contributed by atoms with Gasteiger partial charge in [0, 0.05) is 18.4 Å². The van der Waals surface area contributed by atoms with Gasteiger partial charge in [-0.15, -0.1) is 0 Å². The van der Waals surface area contributed by atoms with Crippen molar-refractivity contribution in [3.8, 4) is 0 Å². The highest BCUT2D eigenvalue weighted by Crippen LogP contribution is 2.22. The molecule has 1 aromatic carbocycles. The molecule has 0 aliphatic heterocycles. The summed E-state index contributed by atoms with van der Waals surface area (Å²) in [5, 5.41) is 3.04. The van der Waals surface area contributed by atoms with Crippen molar-refractivity contribution >= 4 is 15.7 Å². The molecular formula is C15H19N3O2S. The number of hydrogen-bond acceptors (Lipinski definition) is 4. The van der Waals surface area contributed by atoms with Crippen LogP contribution in [0, 0.1) is 13.8 Å². The van der Waals surface area contributed by atoms with E-state index in [4.69, 9.17) is 0 Å². The number of pyridine rings is 1. The fourth-order valence-electron chi connectivity index (χ4n) is 2.15. The van der Waals surface area contributed by atoms with Gasteiger partial charge in [-0.2, -0.15) is 0 Å². The number of nitrogens with one attached hydrogen (secondary N) is 2. The minimum Gasteiger partial charge on any atom is -0.316 e. The SMILES string of the molecule is CNCc1cccc(S(=O)(=O)Nc2ccnc(C)c2)c1C. The Labute approximate surface area is 125 Å². The first-order valence-corrected chi connectivity index (χ1v) is 8.11. The summed E-state index contributed by atoms with van der Waals surface area (Å²) in [4.78, 5) is 4.35. The Balaban J connectivity index is 2.38. The van der Waals surface area contributed by atoms with E-state index in [-0.39, 0.29) is 0 Å². The lowest BCUT2D eigenvalue weighted by Crippen LogP contribution is -2.16. The topological polar surface area (TPSA) is 71.1 Å². The minimum atomic E-state index is -3.61. The number of benzene rings is 1.